The van der Waals surface area contributed by atoms with Crippen molar-refractivity contribution in [1.82, 2.24) is 10.1 Å². The van der Waals surface area contributed by atoms with Crippen LogP contribution in [0.3, 0.4) is 0 Å². The van der Waals surface area contributed by atoms with Crippen molar-refractivity contribution in [3.8, 4) is 11.4 Å². The van der Waals surface area contributed by atoms with E-state index in [2.05, 4.69) is 10.1 Å². The third kappa shape index (κ3) is 4.87. The van der Waals surface area contributed by atoms with Crippen molar-refractivity contribution in [3.63, 3.8) is 0 Å². The zero-order valence-corrected chi connectivity index (χ0v) is 14.4. The molecule has 0 radical (unpaired) electrons. The Morgan fingerprint density at radius 3 is 3.08 bits per heavy atom. The van der Waals surface area contributed by atoms with E-state index in [0.29, 0.717) is 12.4 Å². The zero-order valence-electron chi connectivity index (χ0n) is 14.4. The molecule has 25 heavy (non-hydrogen) atoms. The number of ether oxygens (including phenoxy) is 3. The van der Waals surface area contributed by atoms with Gasteiger partial charge in [-0.2, -0.15) is 4.98 Å². The second-order valence-electron chi connectivity index (χ2n) is 6.10. The van der Waals surface area contributed by atoms with Crippen LogP contribution in [-0.4, -0.2) is 41.5 Å². The number of nitrogens with zero attached hydrogens (tertiary/aromatic N) is 2. The first kappa shape index (κ1) is 17.6. The van der Waals surface area contributed by atoms with Crippen LogP contribution in [-0.2, 0) is 25.6 Å². The minimum atomic E-state index is -0.664. The van der Waals surface area contributed by atoms with Crippen LogP contribution in [0.5, 0.6) is 0 Å². The highest BCUT2D eigenvalue weighted by atomic mass is 16.6. The largest absolute Gasteiger partial charge is 0.454 e. The lowest BCUT2D eigenvalue weighted by Crippen LogP contribution is -2.27. The Bertz CT molecular complexity index is 709. The highest BCUT2D eigenvalue weighted by Crippen LogP contribution is 2.17. The summed E-state index contributed by atoms with van der Waals surface area (Å²) in [6.45, 7) is 4.72. The normalized spacial score (nSPS) is 18.2. The Labute approximate surface area is 146 Å². The summed E-state index contributed by atoms with van der Waals surface area (Å²) in [6, 6.07) is 7.77. The summed E-state index contributed by atoms with van der Waals surface area (Å²) in [5.74, 6) is 0.252. The molecule has 0 N–H and O–H groups in total. The first-order valence-electron chi connectivity index (χ1n) is 8.41. The zero-order chi connectivity index (χ0) is 17.6. The number of carbonyl (C=O) groups excluding carboxylic acids is 1. The maximum Gasteiger partial charge on any atom is 0.335 e. The van der Waals surface area contributed by atoms with E-state index < -0.39 is 12.1 Å². The Hall–Kier alpha value is -2.25. The van der Waals surface area contributed by atoms with Crippen molar-refractivity contribution >= 4 is 5.97 Å². The van der Waals surface area contributed by atoms with E-state index in [0.717, 1.165) is 30.6 Å². The van der Waals surface area contributed by atoms with Gasteiger partial charge in [-0.3, -0.25) is 0 Å². The van der Waals surface area contributed by atoms with Crippen LogP contribution in [0.2, 0.25) is 0 Å². The number of hydrogen-bond acceptors (Lipinski definition) is 7. The van der Waals surface area contributed by atoms with E-state index in [4.69, 9.17) is 18.7 Å². The molecule has 7 nitrogen and oxygen atoms in total. The van der Waals surface area contributed by atoms with Crippen molar-refractivity contribution in [2.24, 2.45) is 0 Å². The minimum Gasteiger partial charge on any atom is -0.454 e. The van der Waals surface area contributed by atoms with Gasteiger partial charge >= 0.3 is 5.97 Å². The van der Waals surface area contributed by atoms with E-state index in [1.807, 2.05) is 31.2 Å². The molecule has 1 aliphatic heterocycles. The molecule has 0 aliphatic carbocycles. The maximum absolute atomic E-state index is 12.0. The smallest absolute Gasteiger partial charge is 0.335 e. The molecule has 0 bridgehead atoms. The van der Waals surface area contributed by atoms with Gasteiger partial charge in [0.15, 0.2) is 12.7 Å². The molecule has 2 heterocycles. The van der Waals surface area contributed by atoms with Crippen molar-refractivity contribution in [2.45, 2.75) is 45.5 Å². The third-order valence-corrected chi connectivity index (χ3v) is 3.97. The van der Waals surface area contributed by atoms with Crippen molar-refractivity contribution in [3.05, 3.63) is 35.7 Å². The molecule has 2 atom stereocenters. The van der Waals surface area contributed by atoms with E-state index in [-0.39, 0.29) is 18.6 Å². The molecule has 1 aromatic heterocycles. The molecule has 3 rings (SSSR count). The molecule has 0 amide bonds. The second-order valence-corrected chi connectivity index (χ2v) is 6.10. The first-order valence-corrected chi connectivity index (χ1v) is 8.41. The fraction of sp³-hybridized carbons (Fsp3) is 0.500. The summed E-state index contributed by atoms with van der Waals surface area (Å²) in [7, 11) is 0. The van der Waals surface area contributed by atoms with Crippen LogP contribution < -0.4 is 0 Å². The number of carbonyl (C=O) groups is 1. The molecule has 2 unspecified atom stereocenters. The Morgan fingerprint density at radius 1 is 1.44 bits per heavy atom. The van der Waals surface area contributed by atoms with Gasteiger partial charge in [0.1, 0.15) is 0 Å². The van der Waals surface area contributed by atoms with Crippen LogP contribution in [0.4, 0.5) is 0 Å². The molecular weight excluding hydrogens is 324 g/mol. The average molecular weight is 346 g/mol. The molecule has 0 spiro atoms. The van der Waals surface area contributed by atoms with E-state index >= 15 is 0 Å². The van der Waals surface area contributed by atoms with Crippen molar-refractivity contribution in [1.29, 1.82) is 0 Å². The van der Waals surface area contributed by atoms with Crippen LogP contribution in [0.25, 0.3) is 11.4 Å². The Morgan fingerprint density at radius 2 is 2.32 bits per heavy atom. The molecule has 1 aliphatic rings. The fourth-order valence-electron chi connectivity index (χ4n) is 2.56. The lowest BCUT2D eigenvalue weighted by molar-refractivity contribution is -0.160. The highest BCUT2D eigenvalue weighted by Gasteiger charge is 2.21. The molecule has 134 valence electrons. The molecular formula is C18H22N2O5. The van der Waals surface area contributed by atoms with Gasteiger partial charge in [0.05, 0.1) is 12.7 Å². The van der Waals surface area contributed by atoms with Gasteiger partial charge in [-0.1, -0.05) is 28.9 Å². The van der Waals surface area contributed by atoms with Crippen LogP contribution in [0.15, 0.2) is 28.8 Å². The summed E-state index contributed by atoms with van der Waals surface area (Å²) in [4.78, 5) is 16.2. The lowest BCUT2D eigenvalue weighted by atomic mass is 10.1. The monoisotopic (exact) mass is 346 g/mol. The van der Waals surface area contributed by atoms with Crippen molar-refractivity contribution < 1.29 is 23.5 Å². The van der Waals surface area contributed by atoms with Gasteiger partial charge in [0.2, 0.25) is 5.82 Å². The van der Waals surface area contributed by atoms with Gasteiger partial charge < -0.3 is 18.7 Å². The number of esters is 1. The molecule has 0 saturated carbocycles. The van der Waals surface area contributed by atoms with Crippen molar-refractivity contribution in [2.75, 3.05) is 13.2 Å². The standard InChI is InChI=1S/C18H22N2O5/c1-12-5-3-6-14(9-12)17-19-16(25-20-17)11-24-18(21)13(2)23-10-15-7-4-8-22-15/h3,5-6,9,13,15H,4,7-8,10-11H2,1-2H3. The molecule has 1 saturated heterocycles. The quantitative estimate of drug-likeness (QED) is 0.713. The maximum atomic E-state index is 12.0. The Kier molecular flexibility index (Phi) is 5.78. The summed E-state index contributed by atoms with van der Waals surface area (Å²) < 4.78 is 21.3. The summed E-state index contributed by atoms with van der Waals surface area (Å²) in [5, 5.41) is 3.91. The Balaban J connectivity index is 1.47. The predicted octanol–water partition coefficient (Wildman–Crippen LogP) is 2.67. The summed E-state index contributed by atoms with van der Waals surface area (Å²) in [6.07, 6.45) is 1.41. The number of rotatable bonds is 7. The van der Waals surface area contributed by atoms with E-state index in [1.54, 1.807) is 6.92 Å². The van der Waals surface area contributed by atoms with Crippen LogP contribution in [0, 0.1) is 6.92 Å². The first-order chi connectivity index (χ1) is 12.1. The van der Waals surface area contributed by atoms with E-state index in [1.165, 1.54) is 0 Å². The third-order valence-electron chi connectivity index (χ3n) is 3.97. The molecule has 1 fully saturated rings. The van der Waals surface area contributed by atoms with Gasteiger partial charge in [-0.15, -0.1) is 0 Å². The minimum absolute atomic E-state index is 0.0723. The van der Waals surface area contributed by atoms with E-state index in [9.17, 15) is 4.79 Å². The SMILES string of the molecule is Cc1cccc(-c2noc(COC(=O)C(C)OCC3CCCO3)n2)c1. The number of aromatic nitrogens is 2. The van der Waals surface area contributed by atoms with Crippen LogP contribution >= 0.6 is 0 Å². The summed E-state index contributed by atoms with van der Waals surface area (Å²) in [5.41, 5.74) is 1.96. The predicted molar refractivity (Wildman–Crippen MR) is 88.7 cm³/mol. The topological polar surface area (TPSA) is 83.7 Å². The second kappa shape index (κ2) is 8.22. The lowest BCUT2D eigenvalue weighted by Gasteiger charge is -2.14. The fourth-order valence-corrected chi connectivity index (χ4v) is 2.56. The molecule has 1 aromatic carbocycles. The number of benzene rings is 1. The van der Waals surface area contributed by atoms with Gasteiger partial charge in [-0.05, 0) is 32.8 Å². The average Bonchev–Trinajstić information content (AvgIpc) is 3.29. The molecule has 7 heteroatoms. The summed E-state index contributed by atoms with van der Waals surface area (Å²) >= 11 is 0. The highest BCUT2D eigenvalue weighted by molar-refractivity contribution is 5.74. The van der Waals surface area contributed by atoms with Crippen LogP contribution in [0.1, 0.15) is 31.2 Å². The van der Waals surface area contributed by atoms with Gasteiger partial charge in [0.25, 0.3) is 5.89 Å². The van der Waals surface area contributed by atoms with Gasteiger partial charge in [0, 0.05) is 12.2 Å². The number of aryl methyl sites for hydroxylation is 1. The number of hydrogen-bond donors (Lipinski definition) is 0. The molecule has 2 aromatic rings. The van der Waals surface area contributed by atoms with Gasteiger partial charge in [-0.25, -0.2) is 4.79 Å².